The SMILES string of the molecule is CC(I)CC(F)(F)C(F)(F)C(F)(F)C(F)(F)C(F)(F)C(F)(F)CC(C)I. The van der Waals surface area contributed by atoms with Gasteiger partial charge in [-0.25, -0.2) is 0 Å². The maximum atomic E-state index is 13.5. The zero-order valence-electron chi connectivity index (χ0n) is 12.9. The van der Waals surface area contributed by atoms with Gasteiger partial charge >= 0.3 is 35.5 Å². The summed E-state index contributed by atoms with van der Waals surface area (Å²) in [4.78, 5) is 0. The van der Waals surface area contributed by atoms with Gasteiger partial charge in [-0.3, -0.25) is 0 Å². The van der Waals surface area contributed by atoms with Crippen molar-refractivity contribution in [1.29, 1.82) is 0 Å². The predicted molar refractivity (Wildman–Crippen MR) is 85.9 cm³/mol. The number of rotatable bonds is 9. The standard InChI is InChI=1S/C12H12F12I2/c1-5(25)3-7(13,14)9(17,18)11(21,22)12(23,24)10(19,20)8(15,16)4-6(2)26/h5-6H,3-4H2,1-2H3. The molecule has 0 aliphatic heterocycles. The third-order valence-electron chi connectivity index (χ3n) is 3.18. The van der Waals surface area contributed by atoms with Crippen LogP contribution < -0.4 is 0 Å². The number of hydrogen-bond donors (Lipinski definition) is 0. The molecule has 0 radical (unpaired) electrons. The van der Waals surface area contributed by atoms with Gasteiger partial charge in [-0.15, -0.1) is 0 Å². The summed E-state index contributed by atoms with van der Waals surface area (Å²) in [6, 6.07) is 0. The molecule has 14 heteroatoms. The van der Waals surface area contributed by atoms with Crippen molar-refractivity contribution in [1.82, 2.24) is 0 Å². The fourth-order valence-electron chi connectivity index (χ4n) is 1.82. The van der Waals surface area contributed by atoms with Crippen molar-refractivity contribution < 1.29 is 52.7 Å². The van der Waals surface area contributed by atoms with Crippen LogP contribution in [0, 0.1) is 0 Å². The largest absolute Gasteiger partial charge is 0.384 e. The second-order valence-electron chi connectivity index (χ2n) is 5.68. The molecule has 2 atom stereocenters. The fraction of sp³-hybridized carbons (Fsp3) is 1.00. The van der Waals surface area contributed by atoms with E-state index in [1.165, 1.54) is 0 Å². The molecule has 0 bridgehead atoms. The summed E-state index contributed by atoms with van der Waals surface area (Å²) < 4.78 is 158. The van der Waals surface area contributed by atoms with Crippen LogP contribution >= 0.6 is 45.2 Å². The summed E-state index contributed by atoms with van der Waals surface area (Å²) in [6.07, 6.45) is -4.14. The Bertz CT molecular complexity index is 443. The van der Waals surface area contributed by atoms with Crippen LogP contribution in [-0.2, 0) is 0 Å². The second kappa shape index (κ2) is 7.80. The lowest BCUT2D eigenvalue weighted by Gasteiger charge is -2.41. The first-order valence-corrected chi connectivity index (χ1v) is 9.12. The molecular weight excluding hydrogens is 626 g/mol. The molecule has 2 unspecified atom stereocenters. The van der Waals surface area contributed by atoms with E-state index in [4.69, 9.17) is 0 Å². The molecule has 0 nitrogen and oxygen atoms in total. The van der Waals surface area contributed by atoms with Crippen LogP contribution in [-0.4, -0.2) is 43.4 Å². The first-order valence-electron chi connectivity index (χ1n) is 6.63. The molecule has 0 aliphatic carbocycles. The molecule has 0 rings (SSSR count). The molecule has 0 aliphatic rings. The monoisotopic (exact) mass is 638 g/mol. The average Bonchev–Trinajstić information content (AvgIpc) is 2.34. The summed E-state index contributed by atoms with van der Waals surface area (Å²) in [5, 5.41) is 0. The highest BCUT2D eigenvalue weighted by Gasteiger charge is 2.89. The molecule has 0 heterocycles. The van der Waals surface area contributed by atoms with E-state index in [2.05, 4.69) is 0 Å². The maximum Gasteiger partial charge on any atom is 0.384 e. The number of alkyl halides is 14. The molecule has 158 valence electrons. The van der Waals surface area contributed by atoms with Crippen molar-refractivity contribution in [3.05, 3.63) is 0 Å². The zero-order valence-corrected chi connectivity index (χ0v) is 17.2. The fourth-order valence-corrected chi connectivity index (χ4v) is 2.92. The van der Waals surface area contributed by atoms with Gasteiger partial charge in [0.1, 0.15) is 0 Å². The van der Waals surface area contributed by atoms with Crippen molar-refractivity contribution in [3.8, 4) is 0 Å². The lowest BCUT2D eigenvalue weighted by atomic mass is 9.89. The highest BCUT2D eigenvalue weighted by Crippen LogP contribution is 2.61. The Kier molecular flexibility index (Phi) is 7.99. The van der Waals surface area contributed by atoms with Crippen molar-refractivity contribution in [2.45, 2.75) is 70.1 Å². The Labute approximate surface area is 167 Å². The number of halogens is 14. The van der Waals surface area contributed by atoms with Crippen LogP contribution in [0.4, 0.5) is 52.7 Å². The summed E-state index contributed by atoms with van der Waals surface area (Å²) in [5.41, 5.74) is 0. The first-order chi connectivity index (χ1) is 11.1. The molecule has 0 amide bonds. The van der Waals surface area contributed by atoms with Crippen LogP contribution in [0.1, 0.15) is 26.7 Å². The summed E-state index contributed by atoms with van der Waals surface area (Å²) in [5.74, 6) is -40.7. The van der Waals surface area contributed by atoms with E-state index < -0.39 is 56.2 Å². The van der Waals surface area contributed by atoms with Crippen molar-refractivity contribution in [3.63, 3.8) is 0 Å². The highest BCUT2D eigenvalue weighted by atomic mass is 127. The lowest BCUT2D eigenvalue weighted by molar-refractivity contribution is -0.425. The van der Waals surface area contributed by atoms with Crippen LogP contribution in [0.25, 0.3) is 0 Å². The molecule has 0 N–H and O–H groups in total. The lowest BCUT2D eigenvalue weighted by Crippen LogP contribution is -2.70. The Morgan fingerprint density at radius 2 is 0.692 bits per heavy atom. The zero-order chi connectivity index (χ0) is 21.6. The van der Waals surface area contributed by atoms with Crippen molar-refractivity contribution in [2.24, 2.45) is 0 Å². The maximum absolute atomic E-state index is 13.5. The molecule has 26 heavy (non-hydrogen) atoms. The molecular formula is C12H12F12I2. The minimum atomic E-state index is -7.46. The molecule has 0 aromatic rings. The van der Waals surface area contributed by atoms with Gasteiger partial charge in [0.15, 0.2) is 0 Å². The highest BCUT2D eigenvalue weighted by molar-refractivity contribution is 14.1. The minimum absolute atomic E-state index is 0.839. The van der Waals surface area contributed by atoms with E-state index in [0.29, 0.717) is 0 Å². The van der Waals surface area contributed by atoms with Crippen LogP contribution in [0.2, 0.25) is 0 Å². The van der Waals surface area contributed by atoms with Crippen molar-refractivity contribution >= 4 is 45.2 Å². The van der Waals surface area contributed by atoms with Gasteiger partial charge in [-0.2, -0.15) is 52.7 Å². The minimum Gasteiger partial charge on any atom is -0.200 e. The van der Waals surface area contributed by atoms with Gasteiger partial charge in [-0.1, -0.05) is 59.0 Å². The van der Waals surface area contributed by atoms with Gasteiger partial charge in [0.2, 0.25) is 0 Å². The third kappa shape index (κ3) is 4.44. The van der Waals surface area contributed by atoms with E-state index in [9.17, 15) is 52.7 Å². The van der Waals surface area contributed by atoms with E-state index in [-0.39, 0.29) is 0 Å². The van der Waals surface area contributed by atoms with Gasteiger partial charge in [0, 0.05) is 20.7 Å². The predicted octanol–water partition coefficient (Wildman–Crippen LogP) is 7.23. The Morgan fingerprint density at radius 3 is 0.846 bits per heavy atom. The molecule has 0 aromatic carbocycles. The molecule has 0 spiro atoms. The normalized spacial score (nSPS) is 18.0. The van der Waals surface area contributed by atoms with Crippen molar-refractivity contribution in [2.75, 3.05) is 0 Å². The molecule has 0 fully saturated rings. The molecule has 0 aromatic heterocycles. The topological polar surface area (TPSA) is 0 Å². The average molecular weight is 638 g/mol. The Morgan fingerprint density at radius 1 is 0.500 bits per heavy atom. The van der Waals surface area contributed by atoms with Gasteiger partial charge in [0.05, 0.1) is 0 Å². The van der Waals surface area contributed by atoms with E-state index in [1.807, 2.05) is 0 Å². The third-order valence-corrected chi connectivity index (χ3v) is 4.06. The van der Waals surface area contributed by atoms with Gasteiger partial charge in [-0.05, 0) is 0 Å². The molecule has 0 saturated carbocycles. The quantitative estimate of drug-likeness (QED) is 0.142. The van der Waals surface area contributed by atoms with Crippen LogP contribution in [0.5, 0.6) is 0 Å². The summed E-state index contributed by atoms with van der Waals surface area (Å²) >= 11 is 2.17. The van der Waals surface area contributed by atoms with Crippen LogP contribution in [0.3, 0.4) is 0 Å². The molecule has 0 saturated heterocycles. The van der Waals surface area contributed by atoms with E-state index in [0.717, 1.165) is 59.0 Å². The Hall–Kier alpha value is 0.620. The van der Waals surface area contributed by atoms with Crippen LogP contribution in [0.15, 0.2) is 0 Å². The van der Waals surface area contributed by atoms with Gasteiger partial charge in [0.25, 0.3) is 0 Å². The van der Waals surface area contributed by atoms with E-state index >= 15 is 0 Å². The second-order valence-corrected chi connectivity index (χ2v) is 9.93. The first kappa shape index (κ1) is 26.6. The number of hydrogen-bond acceptors (Lipinski definition) is 0. The smallest absolute Gasteiger partial charge is 0.200 e. The summed E-state index contributed by atoms with van der Waals surface area (Å²) in [7, 11) is 0. The summed E-state index contributed by atoms with van der Waals surface area (Å²) in [6.45, 7) is 1.68. The van der Waals surface area contributed by atoms with E-state index in [1.54, 1.807) is 0 Å². The Balaban J connectivity index is 6.23. The van der Waals surface area contributed by atoms with Gasteiger partial charge < -0.3 is 0 Å².